The van der Waals surface area contributed by atoms with Crippen LogP contribution in [0.1, 0.15) is 5.56 Å². The van der Waals surface area contributed by atoms with E-state index in [1.54, 1.807) is 21.6 Å². The molecular formula is C21H15IN4OS. The highest BCUT2D eigenvalue weighted by atomic mass is 127. The molecule has 0 bridgehead atoms. The fourth-order valence-corrected chi connectivity index (χ4v) is 4.56. The predicted molar refractivity (Wildman–Crippen MR) is 124 cm³/mol. The van der Waals surface area contributed by atoms with E-state index in [-0.39, 0.29) is 0 Å². The molecule has 1 aromatic carbocycles. The first-order valence-corrected chi connectivity index (χ1v) is 12.0. The van der Waals surface area contributed by atoms with Crippen molar-refractivity contribution in [3.05, 3.63) is 79.1 Å². The largest absolute Gasteiger partial charge is 0.472 e. The Morgan fingerprint density at radius 1 is 1.14 bits per heavy atom. The minimum atomic E-state index is 0.704. The van der Waals surface area contributed by atoms with E-state index >= 15 is 0 Å². The Hall–Kier alpha value is -2.52. The van der Waals surface area contributed by atoms with Gasteiger partial charge in [-0.1, -0.05) is 6.07 Å². The molecule has 138 valence electrons. The average molecular weight is 498 g/mol. The van der Waals surface area contributed by atoms with Crippen LogP contribution < -0.4 is 5.32 Å². The topological polar surface area (TPSA) is 55.9 Å². The van der Waals surface area contributed by atoms with Gasteiger partial charge in [-0.3, -0.25) is 8.96 Å². The van der Waals surface area contributed by atoms with Gasteiger partial charge >= 0.3 is 0 Å². The van der Waals surface area contributed by atoms with Gasteiger partial charge in [0.2, 0.25) is 0 Å². The van der Waals surface area contributed by atoms with Gasteiger partial charge in [-0.25, -0.2) is 4.98 Å². The number of anilines is 1. The number of nitrogens with one attached hydrogen (secondary N) is 1. The summed E-state index contributed by atoms with van der Waals surface area (Å²) in [6, 6.07) is 14.6. The molecule has 0 fully saturated rings. The van der Waals surface area contributed by atoms with Gasteiger partial charge in [0.05, 0.1) is 29.9 Å². The van der Waals surface area contributed by atoms with E-state index in [0.717, 1.165) is 38.8 Å². The van der Waals surface area contributed by atoms with Crippen LogP contribution in [0.4, 0.5) is 5.69 Å². The smallest absolute Gasteiger partial charge is 0.151 e. The van der Waals surface area contributed by atoms with Crippen LogP contribution in [-0.2, 0) is 6.54 Å². The van der Waals surface area contributed by atoms with Crippen molar-refractivity contribution in [1.29, 1.82) is 0 Å². The Bertz CT molecular complexity index is 1270. The summed E-state index contributed by atoms with van der Waals surface area (Å²) in [4.78, 5) is 9.12. The van der Waals surface area contributed by atoms with E-state index in [1.807, 2.05) is 24.5 Å². The van der Waals surface area contributed by atoms with Crippen molar-refractivity contribution in [2.75, 3.05) is 5.32 Å². The van der Waals surface area contributed by atoms with Crippen molar-refractivity contribution < 1.29 is 4.42 Å². The lowest BCUT2D eigenvalue weighted by Gasteiger charge is -2.07. The second-order valence-corrected chi connectivity index (χ2v) is 8.14. The van der Waals surface area contributed by atoms with Crippen LogP contribution in [0.25, 0.3) is 33.1 Å². The highest BCUT2D eigenvalue weighted by molar-refractivity contribution is 14.2. The SMILES string of the molecule is ISn1cc(-c2ccc3ncc(NCc4ccoc4)cc3c2)c2cccnc21. The number of aromatic nitrogens is 3. The molecular weight excluding hydrogens is 483 g/mol. The second kappa shape index (κ2) is 7.48. The Balaban J connectivity index is 1.54. The molecule has 7 heteroatoms. The van der Waals surface area contributed by atoms with Crippen LogP contribution in [0, 0.1) is 0 Å². The molecule has 0 atom stereocenters. The lowest BCUT2D eigenvalue weighted by molar-refractivity contribution is 0.564. The summed E-state index contributed by atoms with van der Waals surface area (Å²) in [5.74, 6) is 0. The molecule has 0 aliphatic carbocycles. The predicted octanol–water partition coefficient (Wildman–Crippen LogP) is 6.30. The van der Waals surface area contributed by atoms with Crippen molar-refractivity contribution >= 4 is 57.9 Å². The van der Waals surface area contributed by atoms with Gasteiger partial charge in [-0.15, -0.1) is 0 Å². The summed E-state index contributed by atoms with van der Waals surface area (Å²) >= 11 is 2.28. The molecule has 0 unspecified atom stereocenters. The first-order valence-electron chi connectivity index (χ1n) is 8.72. The fourth-order valence-electron chi connectivity index (χ4n) is 3.31. The number of benzene rings is 1. The Morgan fingerprint density at radius 3 is 2.96 bits per heavy atom. The molecule has 0 aliphatic heterocycles. The Labute approximate surface area is 177 Å². The van der Waals surface area contributed by atoms with Gasteiger partial charge in [-0.05, 0) is 42.0 Å². The summed E-state index contributed by atoms with van der Waals surface area (Å²) in [5.41, 5.74) is 6.37. The maximum Gasteiger partial charge on any atom is 0.151 e. The van der Waals surface area contributed by atoms with Crippen molar-refractivity contribution in [2.45, 2.75) is 6.54 Å². The molecule has 1 N–H and O–H groups in total. The third-order valence-electron chi connectivity index (χ3n) is 4.68. The van der Waals surface area contributed by atoms with Crippen LogP contribution in [-0.4, -0.2) is 13.9 Å². The van der Waals surface area contributed by atoms with Crippen LogP contribution in [0.15, 0.2) is 78.0 Å². The van der Waals surface area contributed by atoms with E-state index < -0.39 is 0 Å². The van der Waals surface area contributed by atoms with Crippen molar-refractivity contribution in [3.63, 3.8) is 0 Å². The van der Waals surface area contributed by atoms with Gasteiger partial charge in [0.1, 0.15) is 0 Å². The molecule has 0 saturated heterocycles. The number of nitrogens with zero attached hydrogens (tertiary/aromatic N) is 3. The van der Waals surface area contributed by atoms with E-state index in [4.69, 9.17) is 4.42 Å². The first-order chi connectivity index (χ1) is 13.8. The van der Waals surface area contributed by atoms with E-state index in [1.165, 1.54) is 5.56 Å². The zero-order chi connectivity index (χ0) is 18.9. The van der Waals surface area contributed by atoms with Crippen molar-refractivity contribution in [2.24, 2.45) is 0 Å². The van der Waals surface area contributed by atoms with Gasteiger partial charge in [0.25, 0.3) is 0 Å². The number of halogens is 1. The maximum absolute atomic E-state index is 5.12. The minimum Gasteiger partial charge on any atom is -0.472 e. The highest BCUT2D eigenvalue weighted by Crippen LogP contribution is 2.34. The van der Waals surface area contributed by atoms with Gasteiger partial charge in [-0.2, -0.15) is 0 Å². The summed E-state index contributed by atoms with van der Waals surface area (Å²) in [5, 5.41) is 5.65. The zero-order valence-corrected chi connectivity index (χ0v) is 17.6. The third kappa shape index (κ3) is 3.24. The molecule has 5 aromatic rings. The fraction of sp³-hybridized carbons (Fsp3) is 0.0476. The zero-order valence-electron chi connectivity index (χ0n) is 14.7. The lowest BCUT2D eigenvalue weighted by Crippen LogP contribution is -1.98. The molecule has 5 nitrogen and oxygen atoms in total. The maximum atomic E-state index is 5.12. The summed E-state index contributed by atoms with van der Waals surface area (Å²) in [7, 11) is 1.62. The van der Waals surface area contributed by atoms with Crippen LogP contribution in [0.3, 0.4) is 0 Å². The number of fused-ring (bicyclic) bond motifs is 2. The molecule has 4 heterocycles. The number of furan rings is 1. The van der Waals surface area contributed by atoms with E-state index in [0.29, 0.717) is 6.54 Å². The summed E-state index contributed by atoms with van der Waals surface area (Å²) in [6.45, 7) is 0.704. The molecule has 0 amide bonds. The highest BCUT2D eigenvalue weighted by Gasteiger charge is 2.12. The normalized spacial score (nSPS) is 11.3. The van der Waals surface area contributed by atoms with Gasteiger partial charge < -0.3 is 9.73 Å². The van der Waals surface area contributed by atoms with Crippen LogP contribution in [0.5, 0.6) is 0 Å². The number of hydrogen-bond acceptors (Lipinski definition) is 5. The third-order valence-corrected chi connectivity index (χ3v) is 6.38. The van der Waals surface area contributed by atoms with E-state index in [9.17, 15) is 0 Å². The van der Waals surface area contributed by atoms with Crippen molar-refractivity contribution in [1.82, 2.24) is 13.9 Å². The Morgan fingerprint density at radius 2 is 2.11 bits per heavy atom. The molecule has 0 radical (unpaired) electrons. The van der Waals surface area contributed by atoms with Gasteiger partial charge in [0.15, 0.2) is 5.65 Å². The minimum absolute atomic E-state index is 0.704. The number of rotatable bonds is 5. The van der Waals surface area contributed by atoms with Gasteiger partial charge in [0, 0.05) is 71.2 Å². The average Bonchev–Trinajstić information content (AvgIpc) is 3.39. The standard InChI is InChI=1S/C21H15IN4OS/c22-28-26-12-19(18-2-1-6-23-21(18)26)15-3-4-20-16(8-15)9-17(11-25-20)24-10-14-5-7-27-13-14/h1-9,11-13,24H,10H2. The van der Waals surface area contributed by atoms with Crippen molar-refractivity contribution in [3.8, 4) is 11.1 Å². The number of hydrogen-bond donors (Lipinski definition) is 1. The van der Waals surface area contributed by atoms with Crippen LogP contribution >= 0.6 is 30.3 Å². The Kier molecular flexibility index (Phi) is 4.69. The lowest BCUT2D eigenvalue weighted by atomic mass is 10.0. The summed E-state index contributed by atoms with van der Waals surface area (Å²) in [6.07, 6.45) is 9.27. The molecule has 0 saturated carbocycles. The molecule has 4 aromatic heterocycles. The monoisotopic (exact) mass is 498 g/mol. The first kappa shape index (κ1) is 17.6. The molecule has 5 rings (SSSR count). The molecule has 28 heavy (non-hydrogen) atoms. The quantitative estimate of drug-likeness (QED) is 0.288. The molecule has 0 aliphatic rings. The number of pyridine rings is 2. The molecule has 0 spiro atoms. The second-order valence-electron chi connectivity index (χ2n) is 6.43. The van der Waals surface area contributed by atoms with E-state index in [2.05, 4.69) is 77.0 Å². The summed E-state index contributed by atoms with van der Waals surface area (Å²) < 4.78 is 7.21. The van der Waals surface area contributed by atoms with Crippen LogP contribution in [0.2, 0.25) is 0 Å².